The van der Waals surface area contributed by atoms with Crippen LogP contribution < -0.4 is 11.3 Å². The van der Waals surface area contributed by atoms with Crippen LogP contribution in [0.15, 0.2) is 0 Å². The molecule has 4 rings (SSSR count). The molecule has 4 fully saturated rings. The van der Waals surface area contributed by atoms with Gasteiger partial charge >= 0.3 is 0 Å². The zero-order valence-corrected chi connectivity index (χ0v) is 9.36. The summed E-state index contributed by atoms with van der Waals surface area (Å²) in [6, 6.07) is 1.20. The van der Waals surface area contributed by atoms with Crippen molar-refractivity contribution in [3.05, 3.63) is 0 Å². The lowest BCUT2D eigenvalue weighted by atomic mass is 9.76. The number of hydrogen-bond donors (Lipinski definition) is 2. The van der Waals surface area contributed by atoms with Crippen molar-refractivity contribution in [2.75, 3.05) is 32.7 Å². The lowest BCUT2D eigenvalue weighted by molar-refractivity contribution is -0.0209. The molecule has 3 heterocycles. The monoisotopic (exact) mass is 210 g/mol. The van der Waals surface area contributed by atoms with Gasteiger partial charge in [-0.25, -0.2) is 0 Å². The first-order valence-electron chi connectivity index (χ1n) is 6.31. The van der Waals surface area contributed by atoms with Crippen molar-refractivity contribution in [2.45, 2.75) is 31.3 Å². The Labute approximate surface area is 91.8 Å². The Morgan fingerprint density at radius 1 is 1.13 bits per heavy atom. The molecule has 86 valence electrons. The van der Waals surface area contributed by atoms with Crippen molar-refractivity contribution in [1.82, 2.24) is 15.2 Å². The van der Waals surface area contributed by atoms with Crippen LogP contribution in [0.2, 0.25) is 0 Å². The summed E-state index contributed by atoms with van der Waals surface area (Å²) in [6.45, 7) is 6.24. The van der Waals surface area contributed by atoms with Gasteiger partial charge in [-0.2, -0.15) is 0 Å². The minimum Gasteiger partial charge on any atom is -0.299 e. The Bertz CT molecular complexity index is 221. The summed E-state index contributed by atoms with van der Waals surface area (Å²) in [4.78, 5) is 5.23. The highest BCUT2D eigenvalue weighted by Crippen LogP contribution is 2.33. The molecular weight excluding hydrogens is 188 g/mol. The molecule has 3 saturated heterocycles. The van der Waals surface area contributed by atoms with E-state index < -0.39 is 0 Å². The lowest BCUT2D eigenvalue weighted by Gasteiger charge is -2.52. The third kappa shape index (κ3) is 1.69. The molecule has 0 amide bonds. The van der Waals surface area contributed by atoms with Crippen molar-refractivity contribution >= 4 is 0 Å². The van der Waals surface area contributed by atoms with Crippen LogP contribution in [0.3, 0.4) is 0 Å². The summed E-state index contributed by atoms with van der Waals surface area (Å²) < 4.78 is 0. The van der Waals surface area contributed by atoms with Crippen LogP contribution in [-0.4, -0.2) is 54.6 Å². The Balaban J connectivity index is 1.68. The van der Waals surface area contributed by atoms with Gasteiger partial charge in [0.25, 0.3) is 0 Å². The van der Waals surface area contributed by atoms with E-state index in [1.165, 1.54) is 52.0 Å². The number of fused-ring (bicyclic) bond motifs is 3. The molecule has 1 aliphatic carbocycles. The topological polar surface area (TPSA) is 44.5 Å². The third-order valence-electron chi connectivity index (χ3n) is 4.59. The van der Waals surface area contributed by atoms with E-state index in [2.05, 4.69) is 15.2 Å². The van der Waals surface area contributed by atoms with Crippen molar-refractivity contribution in [2.24, 2.45) is 11.8 Å². The molecule has 0 aromatic rings. The Morgan fingerprint density at radius 2 is 1.87 bits per heavy atom. The Kier molecular flexibility index (Phi) is 2.68. The van der Waals surface area contributed by atoms with E-state index in [0.29, 0.717) is 12.1 Å². The molecule has 0 aromatic heterocycles. The number of nitrogens with zero attached hydrogens (tertiary/aromatic N) is 2. The van der Waals surface area contributed by atoms with Gasteiger partial charge in [-0.1, -0.05) is 6.42 Å². The molecule has 0 spiro atoms. The minimum atomic E-state index is 0.529. The van der Waals surface area contributed by atoms with E-state index in [-0.39, 0.29) is 0 Å². The molecule has 3 N–H and O–H groups in total. The standard InChI is InChI=1S/C11H22N4/c12-13-11(9-2-1-3-9)10-8-14-4-6-15(10)7-5-14/h9-11,13H,1-8,12H2. The second-order valence-corrected chi connectivity index (χ2v) is 5.29. The molecule has 2 atom stereocenters. The van der Waals surface area contributed by atoms with Crippen LogP contribution in [0.4, 0.5) is 0 Å². The SMILES string of the molecule is NNC(C1CCC1)C1CN2CCN1CC2. The van der Waals surface area contributed by atoms with Gasteiger partial charge in [0.1, 0.15) is 0 Å². The van der Waals surface area contributed by atoms with Crippen LogP contribution in [0.1, 0.15) is 19.3 Å². The van der Waals surface area contributed by atoms with Gasteiger partial charge in [0.15, 0.2) is 0 Å². The zero-order chi connectivity index (χ0) is 10.3. The summed E-state index contributed by atoms with van der Waals surface area (Å²) in [5.41, 5.74) is 3.09. The maximum Gasteiger partial charge on any atom is 0.0406 e. The molecule has 2 bridgehead atoms. The Hall–Kier alpha value is -0.160. The van der Waals surface area contributed by atoms with Crippen LogP contribution in [0, 0.1) is 5.92 Å². The maximum atomic E-state index is 5.75. The van der Waals surface area contributed by atoms with E-state index >= 15 is 0 Å². The van der Waals surface area contributed by atoms with Gasteiger partial charge in [0, 0.05) is 44.8 Å². The highest BCUT2D eigenvalue weighted by Gasteiger charge is 2.40. The van der Waals surface area contributed by atoms with E-state index in [4.69, 9.17) is 5.84 Å². The summed E-state index contributed by atoms with van der Waals surface area (Å²) in [5, 5.41) is 0. The second kappa shape index (κ2) is 4.01. The molecule has 1 saturated carbocycles. The van der Waals surface area contributed by atoms with E-state index in [1.807, 2.05) is 0 Å². The van der Waals surface area contributed by atoms with E-state index in [0.717, 1.165) is 5.92 Å². The second-order valence-electron chi connectivity index (χ2n) is 5.29. The van der Waals surface area contributed by atoms with Crippen molar-refractivity contribution in [3.63, 3.8) is 0 Å². The summed E-state index contributed by atoms with van der Waals surface area (Å²) >= 11 is 0. The molecular formula is C11H22N4. The predicted octanol–water partition coefficient (Wildman–Crippen LogP) is -0.382. The van der Waals surface area contributed by atoms with Crippen LogP contribution in [0.5, 0.6) is 0 Å². The van der Waals surface area contributed by atoms with Gasteiger partial charge in [-0.3, -0.25) is 21.1 Å². The number of nitrogens with one attached hydrogen (secondary N) is 1. The number of piperazine rings is 3. The fourth-order valence-corrected chi connectivity index (χ4v) is 3.36. The largest absolute Gasteiger partial charge is 0.299 e. The van der Waals surface area contributed by atoms with E-state index in [1.54, 1.807) is 0 Å². The van der Waals surface area contributed by atoms with Crippen molar-refractivity contribution in [1.29, 1.82) is 0 Å². The first kappa shape index (κ1) is 10.0. The van der Waals surface area contributed by atoms with Gasteiger partial charge in [-0.15, -0.1) is 0 Å². The summed E-state index contributed by atoms with van der Waals surface area (Å²) in [5.74, 6) is 6.58. The van der Waals surface area contributed by atoms with Crippen LogP contribution >= 0.6 is 0 Å². The normalized spacial score (nSPS) is 42.6. The lowest BCUT2D eigenvalue weighted by Crippen LogP contribution is -2.68. The first-order chi connectivity index (χ1) is 7.38. The third-order valence-corrected chi connectivity index (χ3v) is 4.59. The number of hydrazine groups is 1. The van der Waals surface area contributed by atoms with Gasteiger partial charge in [0.05, 0.1) is 0 Å². The van der Waals surface area contributed by atoms with Crippen LogP contribution in [0.25, 0.3) is 0 Å². The summed E-state index contributed by atoms with van der Waals surface area (Å²) in [6.07, 6.45) is 4.15. The summed E-state index contributed by atoms with van der Waals surface area (Å²) in [7, 11) is 0. The molecule has 3 aliphatic heterocycles. The van der Waals surface area contributed by atoms with Gasteiger partial charge < -0.3 is 0 Å². The predicted molar refractivity (Wildman–Crippen MR) is 60.3 cm³/mol. The first-order valence-corrected chi connectivity index (χ1v) is 6.31. The van der Waals surface area contributed by atoms with Crippen molar-refractivity contribution < 1.29 is 0 Å². The quantitative estimate of drug-likeness (QED) is 0.492. The molecule has 15 heavy (non-hydrogen) atoms. The molecule has 4 nitrogen and oxygen atoms in total. The van der Waals surface area contributed by atoms with Gasteiger partial charge in [-0.05, 0) is 18.8 Å². The fourth-order valence-electron chi connectivity index (χ4n) is 3.36. The zero-order valence-electron chi connectivity index (χ0n) is 9.36. The smallest absolute Gasteiger partial charge is 0.0406 e. The van der Waals surface area contributed by atoms with E-state index in [9.17, 15) is 0 Å². The minimum absolute atomic E-state index is 0.529. The number of hydrogen-bond acceptors (Lipinski definition) is 4. The average Bonchev–Trinajstić information content (AvgIpc) is 2.24. The molecule has 4 heteroatoms. The van der Waals surface area contributed by atoms with Gasteiger partial charge in [0.2, 0.25) is 0 Å². The molecule has 0 aromatic carbocycles. The number of nitrogens with two attached hydrogens (primary N) is 1. The maximum absolute atomic E-state index is 5.75. The highest BCUT2D eigenvalue weighted by atomic mass is 15.4. The average molecular weight is 210 g/mol. The number of rotatable bonds is 3. The molecule has 4 aliphatic rings. The van der Waals surface area contributed by atoms with Crippen LogP contribution in [-0.2, 0) is 0 Å². The fraction of sp³-hybridized carbons (Fsp3) is 1.00. The molecule has 0 radical (unpaired) electrons. The highest BCUT2D eigenvalue weighted by molar-refractivity contribution is 4.98. The molecule has 2 unspecified atom stereocenters. The van der Waals surface area contributed by atoms with Crippen molar-refractivity contribution in [3.8, 4) is 0 Å². The Morgan fingerprint density at radius 3 is 2.27 bits per heavy atom.